The summed E-state index contributed by atoms with van der Waals surface area (Å²) in [6.07, 6.45) is -0.140. The van der Waals surface area contributed by atoms with E-state index in [1.165, 1.54) is 11.8 Å². The Balaban J connectivity index is 1.26. The van der Waals surface area contributed by atoms with Crippen LogP contribution in [0.3, 0.4) is 0 Å². The van der Waals surface area contributed by atoms with Crippen LogP contribution in [-0.4, -0.2) is 35.0 Å². The molecular formula is C29H23NO5. The predicted molar refractivity (Wildman–Crippen MR) is 127 cm³/mol. The van der Waals surface area contributed by atoms with E-state index < -0.39 is 17.8 Å². The van der Waals surface area contributed by atoms with Gasteiger partial charge in [-0.3, -0.25) is 24.1 Å². The van der Waals surface area contributed by atoms with Crippen LogP contribution in [-0.2, 0) is 14.4 Å². The van der Waals surface area contributed by atoms with Crippen LogP contribution < -0.4 is 4.74 Å². The van der Waals surface area contributed by atoms with Gasteiger partial charge in [-0.15, -0.1) is 0 Å². The predicted octanol–water partition coefficient (Wildman–Crippen LogP) is 4.08. The van der Waals surface area contributed by atoms with E-state index in [2.05, 4.69) is 24.3 Å². The molecule has 0 unspecified atom stereocenters. The quantitative estimate of drug-likeness (QED) is 0.246. The van der Waals surface area contributed by atoms with Crippen LogP contribution in [0.4, 0.5) is 0 Å². The third kappa shape index (κ3) is 3.16. The molecule has 1 aliphatic heterocycles. The number of ether oxygens (including phenoxy) is 1. The molecule has 2 atom stereocenters. The molecule has 4 aliphatic rings. The first-order chi connectivity index (χ1) is 17.0. The Morgan fingerprint density at radius 1 is 0.743 bits per heavy atom. The Morgan fingerprint density at radius 2 is 1.20 bits per heavy atom. The van der Waals surface area contributed by atoms with Gasteiger partial charge in [0.2, 0.25) is 11.8 Å². The summed E-state index contributed by atoms with van der Waals surface area (Å²) in [5, 5.41) is 0. The lowest BCUT2D eigenvalue weighted by atomic mass is 9.55. The average molecular weight is 466 g/mol. The maximum atomic E-state index is 13.6. The number of amides is 2. The van der Waals surface area contributed by atoms with E-state index in [9.17, 15) is 19.2 Å². The minimum absolute atomic E-state index is 0.0438. The van der Waals surface area contributed by atoms with Crippen molar-refractivity contribution in [2.75, 3.05) is 6.54 Å². The molecule has 1 fully saturated rings. The number of ketones is 1. The van der Waals surface area contributed by atoms with E-state index in [1.807, 2.05) is 24.3 Å². The third-order valence-corrected chi connectivity index (χ3v) is 7.57. The van der Waals surface area contributed by atoms with Crippen molar-refractivity contribution in [1.29, 1.82) is 0 Å². The highest BCUT2D eigenvalue weighted by Gasteiger charge is 2.61. The van der Waals surface area contributed by atoms with E-state index in [-0.39, 0.29) is 48.1 Å². The number of para-hydroxylation sites is 1. The van der Waals surface area contributed by atoms with Gasteiger partial charge < -0.3 is 4.74 Å². The van der Waals surface area contributed by atoms with Gasteiger partial charge in [0.05, 0.1) is 23.8 Å². The van der Waals surface area contributed by atoms with E-state index in [1.54, 1.807) is 24.3 Å². The van der Waals surface area contributed by atoms with Gasteiger partial charge in [0.25, 0.3) is 0 Å². The Hall–Kier alpha value is -4.06. The molecule has 1 heterocycles. The van der Waals surface area contributed by atoms with Crippen molar-refractivity contribution in [3.8, 4) is 5.75 Å². The molecule has 6 heteroatoms. The van der Waals surface area contributed by atoms with E-state index in [0.29, 0.717) is 5.56 Å². The fourth-order valence-corrected chi connectivity index (χ4v) is 6.18. The SMILES string of the molecule is CC(=O)c1ccccc1OC(=O)CCN1C(=O)[C@@H]2C3c4ccccc4C(c4ccccc43)[C@H]2C1=O. The number of imide groups is 1. The molecule has 3 aliphatic carbocycles. The number of esters is 1. The average Bonchev–Trinajstić information content (AvgIpc) is 3.13. The van der Waals surface area contributed by atoms with Crippen LogP contribution in [0.1, 0.15) is 57.8 Å². The number of Topliss-reactive ketones (excluding diaryl/α,β-unsaturated/α-hetero) is 1. The zero-order chi connectivity index (χ0) is 24.3. The van der Waals surface area contributed by atoms with E-state index in [0.717, 1.165) is 22.3 Å². The van der Waals surface area contributed by atoms with Crippen molar-refractivity contribution in [1.82, 2.24) is 4.90 Å². The second-order valence-corrected chi connectivity index (χ2v) is 9.37. The second kappa shape index (κ2) is 8.01. The Labute approximate surface area is 202 Å². The summed E-state index contributed by atoms with van der Waals surface area (Å²) in [6, 6.07) is 22.7. The van der Waals surface area contributed by atoms with Gasteiger partial charge in [-0.2, -0.15) is 0 Å². The molecule has 0 radical (unpaired) electrons. The lowest BCUT2D eigenvalue weighted by Gasteiger charge is -2.45. The minimum Gasteiger partial charge on any atom is -0.426 e. The maximum absolute atomic E-state index is 13.6. The molecule has 2 bridgehead atoms. The maximum Gasteiger partial charge on any atom is 0.313 e. The largest absolute Gasteiger partial charge is 0.426 e. The van der Waals surface area contributed by atoms with Gasteiger partial charge in [0.1, 0.15) is 5.75 Å². The first-order valence-electron chi connectivity index (χ1n) is 11.8. The Bertz CT molecular complexity index is 1290. The number of carbonyl (C=O) groups is 4. The highest BCUT2D eigenvalue weighted by molar-refractivity contribution is 6.08. The summed E-state index contributed by atoms with van der Waals surface area (Å²) in [4.78, 5) is 52.8. The summed E-state index contributed by atoms with van der Waals surface area (Å²) < 4.78 is 5.40. The zero-order valence-corrected chi connectivity index (χ0v) is 19.1. The lowest BCUT2D eigenvalue weighted by molar-refractivity contribution is -0.141. The van der Waals surface area contributed by atoms with Crippen LogP contribution in [0, 0.1) is 11.8 Å². The second-order valence-electron chi connectivity index (χ2n) is 9.37. The first kappa shape index (κ1) is 21.5. The van der Waals surface area contributed by atoms with Crippen molar-refractivity contribution in [2.24, 2.45) is 11.8 Å². The minimum atomic E-state index is -0.594. The molecule has 3 aromatic rings. The molecule has 0 saturated carbocycles. The summed E-state index contributed by atoms with van der Waals surface area (Å²) >= 11 is 0. The number of hydrogen-bond acceptors (Lipinski definition) is 5. The molecule has 7 rings (SSSR count). The number of benzene rings is 3. The van der Waals surface area contributed by atoms with Crippen molar-refractivity contribution >= 4 is 23.6 Å². The monoisotopic (exact) mass is 465 g/mol. The fourth-order valence-electron chi connectivity index (χ4n) is 6.18. The Kier molecular flexibility index (Phi) is 4.92. The molecule has 0 spiro atoms. The normalized spacial score (nSPS) is 23.5. The molecule has 3 aromatic carbocycles. The number of rotatable bonds is 5. The highest BCUT2D eigenvalue weighted by Crippen LogP contribution is 2.60. The molecule has 2 amide bonds. The van der Waals surface area contributed by atoms with Crippen LogP contribution >= 0.6 is 0 Å². The number of carbonyl (C=O) groups excluding carboxylic acids is 4. The van der Waals surface area contributed by atoms with Crippen molar-refractivity contribution in [2.45, 2.75) is 25.2 Å². The van der Waals surface area contributed by atoms with Gasteiger partial charge in [0.15, 0.2) is 5.78 Å². The van der Waals surface area contributed by atoms with Gasteiger partial charge in [-0.05, 0) is 41.3 Å². The zero-order valence-electron chi connectivity index (χ0n) is 19.1. The van der Waals surface area contributed by atoms with Gasteiger partial charge >= 0.3 is 5.97 Å². The topological polar surface area (TPSA) is 80.8 Å². The molecule has 6 nitrogen and oxygen atoms in total. The van der Waals surface area contributed by atoms with Crippen LogP contribution in [0.2, 0.25) is 0 Å². The molecule has 35 heavy (non-hydrogen) atoms. The molecular weight excluding hydrogens is 442 g/mol. The fraction of sp³-hybridized carbons (Fsp3) is 0.241. The summed E-state index contributed by atoms with van der Waals surface area (Å²) in [7, 11) is 0. The first-order valence-corrected chi connectivity index (χ1v) is 11.8. The van der Waals surface area contributed by atoms with Crippen LogP contribution in [0.15, 0.2) is 72.8 Å². The molecule has 1 saturated heterocycles. The standard InChI is InChI=1S/C29H23NO5/c1-16(31)17-8-6-7-13-22(17)35-23(32)14-15-30-28(33)26-24-18-9-2-3-10-19(18)25(27(26)29(30)34)21-12-5-4-11-20(21)24/h2-13,24-27H,14-15H2,1H3/t24?,25?,26-,27-/m1/s1. The molecule has 0 N–H and O–H groups in total. The summed E-state index contributed by atoms with van der Waals surface area (Å²) in [5.74, 6) is -2.35. The number of likely N-dealkylation sites (tertiary alicyclic amines) is 1. The van der Waals surface area contributed by atoms with Crippen LogP contribution in [0.5, 0.6) is 5.75 Å². The van der Waals surface area contributed by atoms with Crippen LogP contribution in [0.25, 0.3) is 0 Å². The molecule has 174 valence electrons. The van der Waals surface area contributed by atoms with Crippen molar-refractivity contribution < 1.29 is 23.9 Å². The van der Waals surface area contributed by atoms with E-state index in [4.69, 9.17) is 4.74 Å². The lowest BCUT2D eigenvalue weighted by Crippen LogP contribution is -2.41. The third-order valence-electron chi connectivity index (χ3n) is 7.57. The molecule has 0 aromatic heterocycles. The van der Waals surface area contributed by atoms with Gasteiger partial charge in [-0.25, -0.2) is 0 Å². The number of hydrogen-bond donors (Lipinski definition) is 0. The van der Waals surface area contributed by atoms with Gasteiger partial charge in [-0.1, -0.05) is 60.7 Å². The summed E-state index contributed by atoms with van der Waals surface area (Å²) in [6.45, 7) is 1.36. The summed E-state index contributed by atoms with van der Waals surface area (Å²) in [5.41, 5.74) is 4.76. The smallest absolute Gasteiger partial charge is 0.313 e. The van der Waals surface area contributed by atoms with Gasteiger partial charge in [0, 0.05) is 18.4 Å². The van der Waals surface area contributed by atoms with E-state index >= 15 is 0 Å². The Morgan fingerprint density at radius 3 is 1.69 bits per heavy atom. The number of nitrogens with zero attached hydrogens (tertiary/aromatic N) is 1. The van der Waals surface area contributed by atoms with Crippen molar-refractivity contribution in [3.63, 3.8) is 0 Å². The highest BCUT2D eigenvalue weighted by atomic mass is 16.5. The van der Waals surface area contributed by atoms with Crippen molar-refractivity contribution in [3.05, 3.63) is 101 Å².